The Balaban J connectivity index is 2.13. The first-order valence-corrected chi connectivity index (χ1v) is 7.81. The molecule has 3 heteroatoms. The van der Waals surface area contributed by atoms with E-state index in [9.17, 15) is 4.79 Å². The highest BCUT2D eigenvalue weighted by molar-refractivity contribution is 7.99. The van der Waals surface area contributed by atoms with Gasteiger partial charge in [-0.15, -0.1) is 0 Å². The van der Waals surface area contributed by atoms with Crippen LogP contribution in [-0.4, -0.2) is 22.1 Å². The molecule has 0 aromatic carbocycles. The van der Waals surface area contributed by atoms with Gasteiger partial charge in [0.1, 0.15) is 0 Å². The van der Waals surface area contributed by atoms with Crippen molar-refractivity contribution in [3.05, 3.63) is 0 Å². The Bertz CT molecular complexity index is 251. The normalized spacial score (nSPS) is 25.8. The van der Waals surface area contributed by atoms with Crippen LogP contribution in [0.4, 0.5) is 0 Å². The molecule has 1 saturated carbocycles. The minimum atomic E-state index is -0.672. The molecule has 17 heavy (non-hydrogen) atoms. The maximum atomic E-state index is 11.0. The predicted molar refractivity (Wildman–Crippen MR) is 74.5 cm³/mol. The van der Waals surface area contributed by atoms with Crippen molar-refractivity contribution in [1.82, 2.24) is 0 Å². The van der Waals surface area contributed by atoms with Crippen LogP contribution in [0.1, 0.15) is 59.3 Å². The Labute approximate surface area is 110 Å². The molecule has 0 radical (unpaired) electrons. The number of carboxylic acid groups (broad SMARTS) is 1. The Morgan fingerprint density at radius 3 is 2.71 bits per heavy atom. The molecule has 0 saturated heterocycles. The van der Waals surface area contributed by atoms with Crippen LogP contribution >= 0.6 is 11.8 Å². The van der Waals surface area contributed by atoms with Gasteiger partial charge in [0, 0.05) is 5.25 Å². The van der Waals surface area contributed by atoms with Crippen molar-refractivity contribution < 1.29 is 9.90 Å². The molecule has 0 amide bonds. The second kappa shape index (κ2) is 6.67. The summed E-state index contributed by atoms with van der Waals surface area (Å²) in [7, 11) is 0. The van der Waals surface area contributed by atoms with Gasteiger partial charge in [0.15, 0.2) is 0 Å². The van der Waals surface area contributed by atoms with Gasteiger partial charge in [-0.2, -0.15) is 11.8 Å². The monoisotopic (exact) mass is 258 g/mol. The lowest BCUT2D eigenvalue weighted by Gasteiger charge is -2.26. The van der Waals surface area contributed by atoms with Crippen molar-refractivity contribution in [2.24, 2.45) is 11.3 Å². The van der Waals surface area contributed by atoms with Gasteiger partial charge < -0.3 is 5.11 Å². The number of hydrogen-bond donors (Lipinski definition) is 1. The van der Waals surface area contributed by atoms with Gasteiger partial charge in [0.25, 0.3) is 0 Å². The molecule has 1 N–H and O–H groups in total. The lowest BCUT2D eigenvalue weighted by atomic mass is 9.88. The number of carbonyl (C=O) groups is 1. The van der Waals surface area contributed by atoms with E-state index in [0.717, 1.165) is 29.8 Å². The van der Waals surface area contributed by atoms with Crippen LogP contribution in [-0.2, 0) is 4.79 Å². The van der Waals surface area contributed by atoms with E-state index in [4.69, 9.17) is 5.11 Å². The fourth-order valence-electron chi connectivity index (χ4n) is 2.40. The van der Waals surface area contributed by atoms with E-state index < -0.39 is 11.4 Å². The van der Waals surface area contributed by atoms with Crippen LogP contribution in [0.3, 0.4) is 0 Å². The highest BCUT2D eigenvalue weighted by atomic mass is 32.2. The summed E-state index contributed by atoms with van der Waals surface area (Å²) < 4.78 is 0. The Morgan fingerprint density at radius 1 is 1.41 bits per heavy atom. The van der Waals surface area contributed by atoms with E-state index >= 15 is 0 Å². The van der Waals surface area contributed by atoms with Crippen molar-refractivity contribution in [2.75, 3.05) is 5.75 Å². The Kier molecular flexibility index (Phi) is 5.84. The molecule has 100 valence electrons. The molecule has 1 aliphatic carbocycles. The molecular weight excluding hydrogens is 232 g/mol. The molecule has 2 nitrogen and oxygen atoms in total. The molecule has 0 aromatic heterocycles. The zero-order valence-corrected chi connectivity index (χ0v) is 12.2. The van der Waals surface area contributed by atoms with Crippen LogP contribution in [0.25, 0.3) is 0 Å². The Morgan fingerprint density at radius 2 is 2.12 bits per heavy atom. The first kappa shape index (κ1) is 14.9. The zero-order valence-electron chi connectivity index (χ0n) is 11.4. The topological polar surface area (TPSA) is 37.3 Å². The maximum absolute atomic E-state index is 11.0. The van der Waals surface area contributed by atoms with Gasteiger partial charge in [-0.25, -0.2) is 0 Å². The van der Waals surface area contributed by atoms with E-state index in [1.54, 1.807) is 0 Å². The molecule has 0 spiro atoms. The summed E-state index contributed by atoms with van der Waals surface area (Å²) in [6.07, 6.45) is 7.29. The third kappa shape index (κ3) is 5.33. The molecule has 1 aliphatic rings. The van der Waals surface area contributed by atoms with Crippen molar-refractivity contribution in [3.63, 3.8) is 0 Å². The third-order valence-electron chi connectivity index (χ3n) is 3.77. The summed E-state index contributed by atoms with van der Waals surface area (Å²) in [4.78, 5) is 11.0. The van der Waals surface area contributed by atoms with Crippen molar-refractivity contribution in [2.45, 2.75) is 64.5 Å². The average Bonchev–Trinajstić information content (AvgIpc) is 2.24. The highest BCUT2D eigenvalue weighted by Gasteiger charge is 2.26. The summed E-state index contributed by atoms with van der Waals surface area (Å²) in [6, 6.07) is 0. The number of rotatable bonds is 6. The molecule has 0 aromatic rings. The lowest BCUT2D eigenvalue weighted by molar-refractivity contribution is -0.147. The molecule has 1 rings (SSSR count). The largest absolute Gasteiger partial charge is 0.481 e. The van der Waals surface area contributed by atoms with Crippen LogP contribution in [0, 0.1) is 11.3 Å². The summed E-state index contributed by atoms with van der Waals surface area (Å²) in [5.74, 6) is 1.33. The van der Waals surface area contributed by atoms with Gasteiger partial charge in [-0.1, -0.05) is 19.8 Å². The van der Waals surface area contributed by atoms with E-state index in [1.165, 1.54) is 25.7 Å². The van der Waals surface area contributed by atoms with Crippen molar-refractivity contribution >= 4 is 17.7 Å². The number of hydrogen-bond acceptors (Lipinski definition) is 2. The summed E-state index contributed by atoms with van der Waals surface area (Å²) in [6.45, 7) is 5.99. The zero-order chi connectivity index (χ0) is 12.9. The second-order valence-electron chi connectivity index (χ2n) is 6.06. The van der Waals surface area contributed by atoms with E-state index in [2.05, 4.69) is 18.7 Å². The fourth-order valence-corrected chi connectivity index (χ4v) is 3.84. The second-order valence-corrected chi connectivity index (χ2v) is 7.47. The van der Waals surface area contributed by atoms with E-state index in [0.29, 0.717) is 0 Å². The molecular formula is C14H26O2S. The first-order chi connectivity index (χ1) is 7.92. The van der Waals surface area contributed by atoms with Gasteiger partial charge in [0.05, 0.1) is 5.41 Å². The minimum Gasteiger partial charge on any atom is -0.481 e. The first-order valence-electron chi connectivity index (χ1n) is 6.77. The molecule has 2 atom stereocenters. The van der Waals surface area contributed by atoms with Crippen molar-refractivity contribution in [1.29, 1.82) is 0 Å². The van der Waals surface area contributed by atoms with Gasteiger partial charge in [-0.05, 0) is 51.2 Å². The third-order valence-corrected chi connectivity index (χ3v) is 5.19. The molecule has 2 unspecified atom stereocenters. The van der Waals surface area contributed by atoms with Gasteiger partial charge >= 0.3 is 5.97 Å². The number of carboxylic acids is 1. The SMILES string of the molecule is CC1CCCC(SCCCC(C)(C)C(=O)O)C1. The average molecular weight is 258 g/mol. The lowest BCUT2D eigenvalue weighted by Crippen LogP contribution is -2.23. The van der Waals surface area contributed by atoms with E-state index in [-0.39, 0.29) is 0 Å². The minimum absolute atomic E-state index is 0.555. The number of aliphatic carboxylic acids is 1. The van der Waals surface area contributed by atoms with Crippen LogP contribution < -0.4 is 0 Å². The van der Waals surface area contributed by atoms with Crippen molar-refractivity contribution in [3.8, 4) is 0 Å². The van der Waals surface area contributed by atoms with Crippen LogP contribution in [0.5, 0.6) is 0 Å². The standard InChI is InChI=1S/C14H26O2S/c1-11-6-4-7-12(10-11)17-9-5-8-14(2,3)13(15)16/h11-12H,4-10H2,1-3H3,(H,15,16). The summed E-state index contributed by atoms with van der Waals surface area (Å²) in [5, 5.41) is 9.84. The predicted octanol–water partition coefficient (Wildman–Crippen LogP) is 4.19. The fraction of sp³-hybridized carbons (Fsp3) is 0.929. The number of thioether (sulfide) groups is 1. The van der Waals surface area contributed by atoms with Crippen LogP contribution in [0.15, 0.2) is 0 Å². The quantitative estimate of drug-likeness (QED) is 0.726. The molecule has 0 aliphatic heterocycles. The molecule has 0 heterocycles. The summed E-state index contributed by atoms with van der Waals surface area (Å²) >= 11 is 2.06. The van der Waals surface area contributed by atoms with Gasteiger partial charge in [-0.3, -0.25) is 4.79 Å². The van der Waals surface area contributed by atoms with Crippen LogP contribution in [0.2, 0.25) is 0 Å². The maximum Gasteiger partial charge on any atom is 0.309 e. The molecule has 0 bridgehead atoms. The molecule has 1 fully saturated rings. The van der Waals surface area contributed by atoms with E-state index in [1.807, 2.05) is 13.8 Å². The highest BCUT2D eigenvalue weighted by Crippen LogP contribution is 2.33. The Hall–Kier alpha value is -0.180. The smallest absolute Gasteiger partial charge is 0.309 e. The van der Waals surface area contributed by atoms with Gasteiger partial charge in [0.2, 0.25) is 0 Å². The summed E-state index contributed by atoms with van der Waals surface area (Å²) in [5.41, 5.74) is -0.555.